The van der Waals surface area contributed by atoms with Gasteiger partial charge in [-0.25, -0.2) is 0 Å². The molecule has 2 amide bonds. The minimum Gasteiger partial charge on any atom is -0.368 e. The Morgan fingerprint density at radius 2 is 1.03 bits per heavy atom. The van der Waals surface area contributed by atoms with Crippen molar-refractivity contribution in [3.8, 4) is 0 Å². The van der Waals surface area contributed by atoms with Crippen LogP contribution in [0.3, 0.4) is 0 Å². The Labute approximate surface area is 226 Å². The number of anilines is 2. The van der Waals surface area contributed by atoms with Crippen molar-refractivity contribution in [2.24, 2.45) is 9.98 Å². The number of nitrogens with zero attached hydrogens (tertiary/aromatic N) is 2. The van der Waals surface area contributed by atoms with Crippen molar-refractivity contribution in [3.63, 3.8) is 0 Å². The molecule has 0 spiro atoms. The van der Waals surface area contributed by atoms with Crippen molar-refractivity contribution in [1.29, 1.82) is 0 Å². The highest BCUT2D eigenvalue weighted by atomic mass is 32.2. The van der Waals surface area contributed by atoms with Crippen molar-refractivity contribution in [2.75, 3.05) is 43.1 Å². The number of benzene rings is 3. The van der Waals surface area contributed by atoms with E-state index in [9.17, 15) is 18.0 Å². The summed E-state index contributed by atoms with van der Waals surface area (Å²) in [7, 11) is -3.67. The molecule has 5 rings (SSSR count). The summed E-state index contributed by atoms with van der Waals surface area (Å²) in [5.41, 5.74) is 4.30. The van der Waals surface area contributed by atoms with Crippen molar-refractivity contribution in [1.82, 2.24) is 10.6 Å². The zero-order valence-corrected chi connectivity index (χ0v) is 22.0. The number of nitrogens with one attached hydrogen (secondary N) is 4. The molecule has 0 saturated heterocycles. The summed E-state index contributed by atoms with van der Waals surface area (Å²) in [5, 5.41) is 12.2. The van der Waals surface area contributed by atoms with E-state index in [1.165, 1.54) is 0 Å². The molecule has 0 aromatic heterocycles. The van der Waals surface area contributed by atoms with Crippen molar-refractivity contribution in [2.45, 2.75) is 0 Å². The molecule has 0 saturated carbocycles. The Kier molecular flexibility index (Phi) is 8.69. The van der Waals surface area contributed by atoms with Gasteiger partial charge in [0.25, 0.3) is 21.9 Å². The van der Waals surface area contributed by atoms with Crippen LogP contribution in [-0.2, 0) is 10.1 Å². The Bertz CT molecular complexity index is 1390. The highest BCUT2D eigenvalue weighted by Gasteiger charge is 2.12. The molecule has 202 valence electrons. The number of amides is 2. The maximum absolute atomic E-state index is 12.6. The molecule has 0 radical (unpaired) electrons. The van der Waals surface area contributed by atoms with Crippen LogP contribution in [-0.4, -0.2) is 68.9 Å². The normalized spacial score (nSPS) is 14.1. The average molecular weight is 549 g/mol. The van der Waals surface area contributed by atoms with E-state index < -0.39 is 10.1 Å². The van der Waals surface area contributed by atoms with Gasteiger partial charge >= 0.3 is 0 Å². The van der Waals surface area contributed by atoms with Gasteiger partial charge in [-0.1, -0.05) is 0 Å². The standard InChI is InChI=1S/C26H24N6O2.CH4O3S/c33-25(31-21-9-5-17(6-10-21)23-27-13-14-28-23)19-1-2-20(4-3-19)26(34)32-22-11-7-18(8-12-22)24-29-15-16-30-24;1-5(2,3)4/h1-12H,13-16H2,(H,27,28)(H,29,30)(H,31,33)(H,32,34);1H3,(H,2,3,4). The smallest absolute Gasteiger partial charge is 0.261 e. The molecule has 12 heteroatoms. The zero-order chi connectivity index (χ0) is 27.8. The highest BCUT2D eigenvalue weighted by Crippen LogP contribution is 2.15. The molecule has 0 unspecified atom stereocenters. The van der Waals surface area contributed by atoms with Gasteiger partial charge in [-0.3, -0.25) is 24.1 Å². The predicted octanol–water partition coefficient (Wildman–Crippen LogP) is 2.39. The molecule has 39 heavy (non-hydrogen) atoms. The van der Waals surface area contributed by atoms with Crippen molar-refractivity contribution in [3.05, 3.63) is 95.1 Å². The monoisotopic (exact) mass is 548 g/mol. The Morgan fingerprint density at radius 3 is 1.31 bits per heavy atom. The molecule has 0 atom stereocenters. The van der Waals surface area contributed by atoms with Crippen LogP contribution in [0.15, 0.2) is 82.8 Å². The lowest BCUT2D eigenvalue weighted by Crippen LogP contribution is -2.19. The van der Waals surface area contributed by atoms with Crippen LogP contribution in [0.5, 0.6) is 0 Å². The Hall–Kier alpha value is -4.55. The quantitative estimate of drug-likeness (QED) is 0.296. The van der Waals surface area contributed by atoms with E-state index >= 15 is 0 Å². The first-order valence-corrected chi connectivity index (χ1v) is 13.9. The molecule has 2 aliphatic heterocycles. The third kappa shape index (κ3) is 8.22. The van der Waals surface area contributed by atoms with Crippen LogP contribution in [0.2, 0.25) is 0 Å². The SMILES string of the molecule is CS(=O)(=O)O.O=C(Nc1ccc(C2=NCCN2)cc1)c1ccc(C(=O)Nc2ccc(C3=NCCN3)cc2)cc1. The number of hydrogen-bond donors (Lipinski definition) is 5. The van der Waals surface area contributed by atoms with Crippen molar-refractivity contribution >= 4 is 45.0 Å². The van der Waals surface area contributed by atoms with Gasteiger partial charge in [-0.15, -0.1) is 0 Å². The molecular formula is C27H28N6O5S. The van der Waals surface area contributed by atoms with Crippen LogP contribution >= 0.6 is 0 Å². The second-order valence-electron chi connectivity index (χ2n) is 8.69. The van der Waals surface area contributed by atoms with Gasteiger partial charge in [-0.2, -0.15) is 8.42 Å². The van der Waals surface area contributed by atoms with Gasteiger partial charge in [0.05, 0.1) is 19.3 Å². The second-order valence-corrected chi connectivity index (χ2v) is 10.2. The van der Waals surface area contributed by atoms with E-state index in [1.54, 1.807) is 24.3 Å². The molecule has 3 aromatic carbocycles. The predicted molar refractivity (Wildman–Crippen MR) is 152 cm³/mol. The lowest BCUT2D eigenvalue weighted by molar-refractivity contribution is 0.101. The van der Waals surface area contributed by atoms with Crippen LogP contribution in [0, 0.1) is 0 Å². The summed E-state index contributed by atoms with van der Waals surface area (Å²) in [5.74, 6) is 1.27. The third-order valence-electron chi connectivity index (χ3n) is 5.59. The Balaban J connectivity index is 0.000000648. The molecule has 5 N–H and O–H groups in total. The molecule has 2 heterocycles. The van der Waals surface area contributed by atoms with Crippen LogP contribution < -0.4 is 21.3 Å². The van der Waals surface area contributed by atoms with E-state index in [-0.39, 0.29) is 11.8 Å². The second kappa shape index (κ2) is 12.3. The van der Waals surface area contributed by atoms with E-state index in [1.807, 2.05) is 48.5 Å². The van der Waals surface area contributed by atoms with Crippen LogP contribution in [0.1, 0.15) is 31.8 Å². The first-order valence-electron chi connectivity index (χ1n) is 12.1. The van der Waals surface area contributed by atoms with Crippen molar-refractivity contribution < 1.29 is 22.6 Å². The van der Waals surface area contributed by atoms with Gasteiger partial charge in [0, 0.05) is 46.7 Å². The first-order chi connectivity index (χ1) is 18.7. The fourth-order valence-corrected chi connectivity index (χ4v) is 3.78. The molecule has 0 bridgehead atoms. The topological polar surface area (TPSA) is 161 Å². The molecule has 11 nitrogen and oxygen atoms in total. The average Bonchev–Trinajstić information content (AvgIpc) is 3.64. The van der Waals surface area contributed by atoms with E-state index in [2.05, 4.69) is 31.3 Å². The lowest BCUT2D eigenvalue weighted by Gasteiger charge is -2.09. The molecular weight excluding hydrogens is 520 g/mol. The van der Waals surface area contributed by atoms with E-state index in [0.717, 1.165) is 49.0 Å². The first kappa shape index (κ1) is 27.5. The van der Waals surface area contributed by atoms with Crippen LogP contribution in [0.4, 0.5) is 11.4 Å². The minimum atomic E-state index is -3.67. The third-order valence-corrected chi connectivity index (χ3v) is 5.59. The van der Waals surface area contributed by atoms with Gasteiger partial charge in [0.2, 0.25) is 0 Å². The van der Waals surface area contributed by atoms with Gasteiger partial charge in [0.15, 0.2) is 0 Å². The van der Waals surface area contributed by atoms with Gasteiger partial charge < -0.3 is 21.3 Å². The minimum absolute atomic E-state index is 0.241. The number of rotatable bonds is 6. The number of carbonyl (C=O) groups is 2. The maximum atomic E-state index is 12.6. The van der Waals surface area contributed by atoms with Gasteiger partial charge in [0.1, 0.15) is 11.7 Å². The van der Waals surface area contributed by atoms with Gasteiger partial charge in [-0.05, 0) is 72.8 Å². The van der Waals surface area contributed by atoms with Crippen LogP contribution in [0.25, 0.3) is 0 Å². The summed E-state index contributed by atoms with van der Waals surface area (Å²) >= 11 is 0. The summed E-state index contributed by atoms with van der Waals surface area (Å²) in [6.45, 7) is 3.26. The molecule has 0 aliphatic carbocycles. The highest BCUT2D eigenvalue weighted by molar-refractivity contribution is 7.85. The largest absolute Gasteiger partial charge is 0.368 e. The molecule has 0 fully saturated rings. The summed E-state index contributed by atoms with van der Waals surface area (Å²) in [6, 6.07) is 21.6. The molecule has 3 aromatic rings. The fraction of sp³-hybridized carbons (Fsp3) is 0.185. The summed E-state index contributed by atoms with van der Waals surface area (Å²) in [4.78, 5) is 34.0. The zero-order valence-electron chi connectivity index (χ0n) is 21.1. The maximum Gasteiger partial charge on any atom is 0.261 e. The van der Waals surface area contributed by atoms with E-state index in [4.69, 9.17) is 4.55 Å². The number of aliphatic imine (C=N–C) groups is 2. The summed E-state index contributed by atoms with van der Waals surface area (Å²) < 4.78 is 25.9. The molecule has 2 aliphatic rings. The Morgan fingerprint density at radius 1 is 0.692 bits per heavy atom. The number of carbonyl (C=O) groups excluding carboxylic acids is 2. The summed E-state index contributed by atoms with van der Waals surface area (Å²) in [6.07, 6.45) is 0.715. The fourth-order valence-electron chi connectivity index (χ4n) is 3.78. The van der Waals surface area contributed by atoms with E-state index in [0.29, 0.717) is 28.8 Å². The number of hydrogen-bond acceptors (Lipinski definition) is 8. The number of amidine groups is 2. The lowest BCUT2D eigenvalue weighted by atomic mass is 10.1.